The standard InChI is InChI=1S/C21H21N7O/c1-27-10-12-28(13-11-27)20-24-19(16-4-6-17(23)7-5-16)25-21(26-20)29-18-8-2-15(14-22)3-9-18/h2-9H,10-13,23H2,1H3. The summed E-state index contributed by atoms with van der Waals surface area (Å²) < 4.78 is 5.88. The molecule has 2 heterocycles. The number of likely N-dealkylation sites (N-methyl/N-ethyl adjacent to an activating group) is 1. The summed E-state index contributed by atoms with van der Waals surface area (Å²) in [5.41, 5.74) is 7.88. The lowest BCUT2D eigenvalue weighted by Gasteiger charge is -2.32. The van der Waals surface area contributed by atoms with Gasteiger partial charge in [-0.1, -0.05) is 0 Å². The van der Waals surface area contributed by atoms with E-state index in [9.17, 15) is 0 Å². The monoisotopic (exact) mass is 387 g/mol. The Labute approximate surface area is 169 Å². The van der Waals surface area contributed by atoms with E-state index < -0.39 is 0 Å². The molecule has 8 heteroatoms. The minimum atomic E-state index is 0.213. The van der Waals surface area contributed by atoms with Crippen LogP contribution in [0.25, 0.3) is 11.4 Å². The van der Waals surface area contributed by atoms with Crippen LogP contribution in [0.15, 0.2) is 48.5 Å². The Morgan fingerprint density at radius 3 is 2.28 bits per heavy atom. The second-order valence-electron chi connectivity index (χ2n) is 6.89. The molecule has 146 valence electrons. The van der Waals surface area contributed by atoms with Crippen molar-refractivity contribution >= 4 is 11.6 Å². The van der Waals surface area contributed by atoms with Gasteiger partial charge in [-0.3, -0.25) is 0 Å². The van der Waals surface area contributed by atoms with E-state index in [1.54, 1.807) is 24.3 Å². The molecule has 3 aromatic rings. The molecule has 0 saturated carbocycles. The number of anilines is 2. The van der Waals surface area contributed by atoms with E-state index in [0.29, 0.717) is 28.8 Å². The number of nitrogens with two attached hydrogens (primary N) is 1. The molecule has 0 spiro atoms. The number of rotatable bonds is 4. The molecule has 1 aliphatic rings. The third-order valence-electron chi connectivity index (χ3n) is 4.75. The van der Waals surface area contributed by atoms with Gasteiger partial charge < -0.3 is 20.3 Å². The first-order valence-corrected chi connectivity index (χ1v) is 9.34. The van der Waals surface area contributed by atoms with Crippen LogP contribution in [0.4, 0.5) is 11.6 Å². The number of benzene rings is 2. The van der Waals surface area contributed by atoms with Crippen molar-refractivity contribution in [2.75, 3.05) is 43.9 Å². The average molecular weight is 387 g/mol. The van der Waals surface area contributed by atoms with Gasteiger partial charge in [0.15, 0.2) is 5.82 Å². The van der Waals surface area contributed by atoms with E-state index in [1.165, 1.54) is 0 Å². The molecule has 2 N–H and O–H groups in total. The zero-order valence-corrected chi connectivity index (χ0v) is 16.1. The normalized spacial score (nSPS) is 14.4. The largest absolute Gasteiger partial charge is 0.424 e. The zero-order valence-electron chi connectivity index (χ0n) is 16.1. The Kier molecular flexibility index (Phi) is 5.22. The molecule has 0 atom stereocenters. The molecule has 1 aliphatic heterocycles. The summed E-state index contributed by atoms with van der Waals surface area (Å²) in [4.78, 5) is 18.1. The van der Waals surface area contributed by atoms with Crippen molar-refractivity contribution in [2.24, 2.45) is 0 Å². The van der Waals surface area contributed by atoms with Crippen LogP contribution in [-0.2, 0) is 0 Å². The number of ether oxygens (including phenoxy) is 1. The molecule has 4 rings (SSSR count). The summed E-state index contributed by atoms with van der Waals surface area (Å²) in [6.45, 7) is 3.54. The van der Waals surface area contributed by atoms with E-state index in [4.69, 9.17) is 15.7 Å². The van der Waals surface area contributed by atoms with Crippen LogP contribution in [0, 0.1) is 11.3 Å². The van der Waals surface area contributed by atoms with Crippen LogP contribution in [0.1, 0.15) is 5.56 Å². The summed E-state index contributed by atoms with van der Waals surface area (Å²) in [6.07, 6.45) is 0. The SMILES string of the molecule is CN1CCN(c2nc(Oc3ccc(C#N)cc3)nc(-c3ccc(N)cc3)n2)CC1. The molecule has 8 nitrogen and oxygen atoms in total. The lowest BCUT2D eigenvalue weighted by molar-refractivity contribution is 0.310. The van der Waals surface area contributed by atoms with Crippen LogP contribution in [-0.4, -0.2) is 53.1 Å². The highest BCUT2D eigenvalue weighted by Crippen LogP contribution is 2.25. The van der Waals surface area contributed by atoms with Crippen LogP contribution < -0.4 is 15.4 Å². The van der Waals surface area contributed by atoms with Crippen LogP contribution in [0.3, 0.4) is 0 Å². The number of nitrogen functional groups attached to an aromatic ring is 1. The Balaban J connectivity index is 1.68. The fourth-order valence-electron chi connectivity index (χ4n) is 3.00. The minimum absolute atomic E-state index is 0.213. The maximum atomic E-state index is 8.96. The summed E-state index contributed by atoms with van der Waals surface area (Å²) in [5.74, 6) is 1.67. The van der Waals surface area contributed by atoms with Crippen LogP contribution in [0.2, 0.25) is 0 Å². The third kappa shape index (κ3) is 4.42. The molecule has 1 fully saturated rings. The molecule has 0 bridgehead atoms. The molecule has 1 aromatic heterocycles. The lowest BCUT2D eigenvalue weighted by Crippen LogP contribution is -2.45. The minimum Gasteiger partial charge on any atom is -0.424 e. The van der Waals surface area contributed by atoms with Gasteiger partial charge in [-0.15, -0.1) is 0 Å². The molecule has 0 aliphatic carbocycles. The Morgan fingerprint density at radius 2 is 1.62 bits per heavy atom. The first kappa shape index (κ1) is 18.7. The molecular weight excluding hydrogens is 366 g/mol. The summed E-state index contributed by atoms with van der Waals surface area (Å²) in [7, 11) is 2.10. The van der Waals surface area contributed by atoms with Gasteiger partial charge in [0.1, 0.15) is 5.75 Å². The van der Waals surface area contributed by atoms with Crippen LogP contribution >= 0.6 is 0 Å². The number of aromatic nitrogens is 3. The highest BCUT2D eigenvalue weighted by Gasteiger charge is 2.19. The van der Waals surface area contributed by atoms with E-state index in [1.807, 2.05) is 24.3 Å². The Hall–Kier alpha value is -3.70. The smallest absolute Gasteiger partial charge is 0.327 e. The molecular formula is C21H21N7O. The predicted octanol–water partition coefficient (Wildman–Crippen LogP) is 2.54. The van der Waals surface area contributed by atoms with E-state index in [0.717, 1.165) is 31.7 Å². The number of nitriles is 1. The van der Waals surface area contributed by atoms with Gasteiger partial charge in [-0.05, 0) is 55.6 Å². The summed E-state index contributed by atoms with van der Waals surface area (Å²) >= 11 is 0. The molecule has 29 heavy (non-hydrogen) atoms. The summed E-state index contributed by atoms with van der Waals surface area (Å²) in [6, 6.07) is 16.5. The highest BCUT2D eigenvalue weighted by atomic mass is 16.5. The zero-order chi connectivity index (χ0) is 20.2. The maximum absolute atomic E-state index is 8.96. The van der Waals surface area contributed by atoms with Crippen LogP contribution in [0.5, 0.6) is 11.8 Å². The van der Waals surface area contributed by atoms with E-state index in [2.05, 4.69) is 37.9 Å². The molecule has 2 aromatic carbocycles. The van der Waals surface area contributed by atoms with Gasteiger partial charge in [0.25, 0.3) is 0 Å². The first-order chi connectivity index (χ1) is 14.1. The first-order valence-electron chi connectivity index (χ1n) is 9.34. The van der Waals surface area contributed by atoms with E-state index >= 15 is 0 Å². The van der Waals surface area contributed by atoms with Gasteiger partial charge in [-0.25, -0.2) is 0 Å². The quantitative estimate of drug-likeness (QED) is 0.681. The molecule has 0 unspecified atom stereocenters. The molecule has 1 saturated heterocycles. The number of hydrogen-bond donors (Lipinski definition) is 1. The Bertz CT molecular complexity index is 1020. The Morgan fingerprint density at radius 1 is 0.931 bits per heavy atom. The van der Waals surface area contributed by atoms with Crippen molar-refractivity contribution in [1.29, 1.82) is 5.26 Å². The summed E-state index contributed by atoms with van der Waals surface area (Å²) in [5, 5.41) is 8.96. The van der Waals surface area contributed by atoms with Gasteiger partial charge in [0.05, 0.1) is 11.6 Å². The number of nitrogens with zero attached hydrogens (tertiary/aromatic N) is 6. The fourth-order valence-corrected chi connectivity index (χ4v) is 3.00. The maximum Gasteiger partial charge on any atom is 0.327 e. The third-order valence-corrected chi connectivity index (χ3v) is 4.75. The van der Waals surface area contributed by atoms with Crippen molar-refractivity contribution in [3.8, 4) is 29.2 Å². The van der Waals surface area contributed by atoms with Crippen molar-refractivity contribution in [1.82, 2.24) is 19.9 Å². The average Bonchev–Trinajstić information content (AvgIpc) is 2.75. The van der Waals surface area contributed by atoms with E-state index in [-0.39, 0.29) is 6.01 Å². The van der Waals surface area contributed by atoms with Gasteiger partial charge in [0, 0.05) is 37.4 Å². The second-order valence-corrected chi connectivity index (χ2v) is 6.89. The predicted molar refractivity (Wildman–Crippen MR) is 111 cm³/mol. The van der Waals surface area contributed by atoms with Crippen molar-refractivity contribution in [2.45, 2.75) is 0 Å². The number of hydrogen-bond acceptors (Lipinski definition) is 8. The second kappa shape index (κ2) is 8.12. The lowest BCUT2D eigenvalue weighted by atomic mass is 10.2. The fraction of sp³-hybridized carbons (Fsp3) is 0.238. The molecule has 0 amide bonds. The van der Waals surface area contributed by atoms with Gasteiger partial charge >= 0.3 is 6.01 Å². The molecule has 0 radical (unpaired) electrons. The van der Waals surface area contributed by atoms with Gasteiger partial charge in [-0.2, -0.15) is 20.2 Å². The number of piperazine rings is 1. The van der Waals surface area contributed by atoms with Crippen molar-refractivity contribution in [3.05, 3.63) is 54.1 Å². The van der Waals surface area contributed by atoms with Gasteiger partial charge in [0.2, 0.25) is 5.95 Å². The van der Waals surface area contributed by atoms with Crippen molar-refractivity contribution in [3.63, 3.8) is 0 Å². The topological polar surface area (TPSA) is 104 Å². The van der Waals surface area contributed by atoms with Crippen molar-refractivity contribution < 1.29 is 4.74 Å². The highest BCUT2D eigenvalue weighted by molar-refractivity contribution is 5.60.